The molecule has 2 heterocycles. The van der Waals surface area contributed by atoms with Gasteiger partial charge in [-0.1, -0.05) is 6.92 Å². The number of carboxylic acids is 1. The minimum absolute atomic E-state index is 0.0547. The normalized spacial score (nSPS) is 19.3. The molecule has 2 amide bonds. The van der Waals surface area contributed by atoms with Crippen LogP contribution in [0, 0.1) is 5.92 Å². The number of rotatable bonds is 5. The highest BCUT2D eigenvalue weighted by Crippen LogP contribution is 2.19. The number of piperidine rings is 1. The molecular weight excluding hydrogens is 298 g/mol. The van der Waals surface area contributed by atoms with Crippen LogP contribution in [-0.2, 0) is 11.8 Å². The van der Waals surface area contributed by atoms with Crippen molar-refractivity contribution < 1.29 is 14.7 Å². The molecule has 0 aromatic carbocycles. The molecule has 23 heavy (non-hydrogen) atoms. The first-order valence-electron chi connectivity index (χ1n) is 7.85. The van der Waals surface area contributed by atoms with Crippen LogP contribution in [0.25, 0.3) is 0 Å². The van der Waals surface area contributed by atoms with Crippen LogP contribution >= 0.6 is 0 Å². The fraction of sp³-hybridized carbons (Fsp3) is 0.667. The monoisotopic (exact) mass is 323 g/mol. The number of anilines is 1. The van der Waals surface area contributed by atoms with Crippen LogP contribution in [0.4, 0.5) is 10.5 Å². The molecule has 8 heteroatoms. The van der Waals surface area contributed by atoms with Crippen LogP contribution in [0.5, 0.6) is 0 Å². The van der Waals surface area contributed by atoms with Gasteiger partial charge in [-0.15, -0.1) is 0 Å². The summed E-state index contributed by atoms with van der Waals surface area (Å²) in [5, 5.41) is 16.1. The number of hydrogen-bond donors (Lipinski definition) is 2. The van der Waals surface area contributed by atoms with Crippen molar-refractivity contribution in [2.24, 2.45) is 13.0 Å². The van der Waals surface area contributed by atoms with Crippen molar-refractivity contribution in [3.05, 3.63) is 12.4 Å². The van der Waals surface area contributed by atoms with Crippen molar-refractivity contribution in [2.45, 2.75) is 25.8 Å². The average Bonchev–Trinajstić information content (AvgIpc) is 2.94. The summed E-state index contributed by atoms with van der Waals surface area (Å²) in [6.45, 7) is 3.47. The van der Waals surface area contributed by atoms with Gasteiger partial charge in [0, 0.05) is 46.0 Å². The number of carboxylic acid groups (broad SMARTS) is 1. The highest BCUT2D eigenvalue weighted by Gasteiger charge is 2.24. The fourth-order valence-corrected chi connectivity index (χ4v) is 2.76. The Labute approximate surface area is 136 Å². The lowest BCUT2D eigenvalue weighted by atomic mass is 10.1. The smallest absolute Gasteiger partial charge is 0.317 e. The van der Waals surface area contributed by atoms with Gasteiger partial charge in [-0.3, -0.25) is 9.48 Å². The van der Waals surface area contributed by atoms with Gasteiger partial charge in [0.15, 0.2) is 0 Å². The van der Waals surface area contributed by atoms with E-state index in [0.29, 0.717) is 0 Å². The van der Waals surface area contributed by atoms with Gasteiger partial charge in [-0.25, -0.2) is 4.79 Å². The van der Waals surface area contributed by atoms with E-state index >= 15 is 0 Å². The predicted molar refractivity (Wildman–Crippen MR) is 86.4 cm³/mol. The molecule has 1 aromatic heterocycles. The first-order chi connectivity index (χ1) is 10.9. The predicted octanol–water partition coefficient (Wildman–Crippen LogP) is 0.751. The van der Waals surface area contributed by atoms with Gasteiger partial charge < -0.3 is 20.2 Å². The molecule has 1 aliphatic rings. The van der Waals surface area contributed by atoms with E-state index in [9.17, 15) is 9.59 Å². The van der Waals surface area contributed by atoms with Crippen LogP contribution in [0.15, 0.2) is 12.4 Å². The molecule has 2 unspecified atom stereocenters. The van der Waals surface area contributed by atoms with Gasteiger partial charge in [0.25, 0.3) is 0 Å². The van der Waals surface area contributed by atoms with Gasteiger partial charge >= 0.3 is 12.0 Å². The number of carbonyl (C=O) groups excluding carboxylic acids is 1. The largest absolute Gasteiger partial charge is 0.481 e. The standard InChI is InChI=1S/C15H25N5O3/c1-11(14(21)22)8-18(2)15(23)17-12-5-4-6-20(9-12)13-7-16-19(3)10-13/h7,10-12H,4-6,8-9H2,1-3H3,(H,17,23)(H,21,22). The lowest BCUT2D eigenvalue weighted by molar-refractivity contribution is -0.141. The zero-order chi connectivity index (χ0) is 17.0. The maximum atomic E-state index is 12.2. The minimum atomic E-state index is -0.898. The molecule has 0 aliphatic carbocycles. The summed E-state index contributed by atoms with van der Waals surface area (Å²) in [4.78, 5) is 26.7. The van der Waals surface area contributed by atoms with E-state index in [4.69, 9.17) is 5.11 Å². The second-order valence-electron chi connectivity index (χ2n) is 6.23. The van der Waals surface area contributed by atoms with E-state index in [1.165, 1.54) is 4.90 Å². The van der Waals surface area contributed by atoms with Crippen molar-refractivity contribution in [2.75, 3.05) is 31.6 Å². The zero-order valence-corrected chi connectivity index (χ0v) is 13.9. The van der Waals surface area contributed by atoms with Crippen LogP contribution in [0.3, 0.4) is 0 Å². The summed E-state index contributed by atoms with van der Waals surface area (Å²) in [5.74, 6) is -1.48. The van der Waals surface area contributed by atoms with E-state index in [1.54, 1.807) is 18.7 Å². The minimum Gasteiger partial charge on any atom is -0.481 e. The lowest BCUT2D eigenvalue weighted by Gasteiger charge is -2.34. The summed E-state index contributed by atoms with van der Waals surface area (Å²) in [6.07, 6.45) is 5.70. The van der Waals surface area contributed by atoms with E-state index in [2.05, 4.69) is 15.3 Å². The molecule has 2 N–H and O–H groups in total. The molecule has 2 rings (SSSR count). The third kappa shape index (κ3) is 4.61. The Balaban J connectivity index is 1.87. The first kappa shape index (κ1) is 17.1. The van der Waals surface area contributed by atoms with Crippen LogP contribution in [0.1, 0.15) is 19.8 Å². The number of carbonyl (C=O) groups is 2. The van der Waals surface area contributed by atoms with Crippen LogP contribution < -0.4 is 10.2 Å². The molecule has 0 spiro atoms. The number of hydrogen-bond acceptors (Lipinski definition) is 4. The van der Waals surface area contributed by atoms with E-state index in [-0.39, 0.29) is 18.6 Å². The maximum Gasteiger partial charge on any atom is 0.317 e. The molecule has 128 valence electrons. The van der Waals surface area contributed by atoms with Gasteiger partial charge in [0.1, 0.15) is 0 Å². The summed E-state index contributed by atoms with van der Waals surface area (Å²) in [6, 6.07) is -0.171. The molecule has 1 aromatic rings. The number of aliphatic carboxylic acids is 1. The topological polar surface area (TPSA) is 90.7 Å². The van der Waals surface area contributed by atoms with Crippen molar-refractivity contribution in [1.29, 1.82) is 0 Å². The number of nitrogens with zero attached hydrogens (tertiary/aromatic N) is 4. The quantitative estimate of drug-likeness (QED) is 0.834. The second-order valence-corrected chi connectivity index (χ2v) is 6.23. The summed E-state index contributed by atoms with van der Waals surface area (Å²) in [7, 11) is 3.50. The number of aromatic nitrogens is 2. The number of urea groups is 1. The van der Waals surface area contributed by atoms with Crippen molar-refractivity contribution in [1.82, 2.24) is 20.0 Å². The maximum absolute atomic E-state index is 12.2. The molecule has 8 nitrogen and oxygen atoms in total. The number of aryl methyl sites for hydroxylation is 1. The first-order valence-corrected chi connectivity index (χ1v) is 7.85. The summed E-state index contributed by atoms with van der Waals surface area (Å²) < 4.78 is 1.76. The third-order valence-electron chi connectivity index (χ3n) is 4.12. The Bertz CT molecular complexity index is 559. The van der Waals surface area contributed by atoms with Gasteiger partial charge in [0.05, 0.1) is 17.8 Å². The summed E-state index contributed by atoms with van der Waals surface area (Å²) >= 11 is 0. The summed E-state index contributed by atoms with van der Waals surface area (Å²) in [5.41, 5.74) is 1.05. The van der Waals surface area contributed by atoms with Crippen LogP contribution in [-0.4, -0.2) is 64.5 Å². The Kier molecular flexibility index (Phi) is 5.46. The molecule has 0 bridgehead atoms. The molecule has 0 radical (unpaired) electrons. The third-order valence-corrected chi connectivity index (χ3v) is 4.12. The highest BCUT2D eigenvalue weighted by atomic mass is 16.4. The Morgan fingerprint density at radius 3 is 2.91 bits per heavy atom. The lowest BCUT2D eigenvalue weighted by Crippen LogP contribution is -2.51. The molecule has 2 atom stereocenters. The Morgan fingerprint density at radius 2 is 2.30 bits per heavy atom. The molecule has 0 saturated carbocycles. The van der Waals surface area contributed by atoms with Gasteiger partial charge in [0.2, 0.25) is 0 Å². The highest BCUT2D eigenvalue weighted by molar-refractivity contribution is 5.76. The van der Waals surface area contributed by atoms with E-state index in [1.807, 2.05) is 19.4 Å². The second kappa shape index (κ2) is 7.34. The van der Waals surface area contributed by atoms with Crippen molar-refractivity contribution >= 4 is 17.7 Å². The van der Waals surface area contributed by atoms with Gasteiger partial charge in [-0.2, -0.15) is 5.10 Å². The number of nitrogens with one attached hydrogen (secondary N) is 1. The van der Waals surface area contributed by atoms with Crippen molar-refractivity contribution in [3.63, 3.8) is 0 Å². The average molecular weight is 323 g/mol. The van der Waals surface area contributed by atoms with Gasteiger partial charge in [-0.05, 0) is 12.8 Å². The number of amides is 2. The SMILES string of the molecule is CC(CN(C)C(=O)NC1CCCN(c2cnn(C)c2)C1)C(=O)O. The molecule has 1 saturated heterocycles. The van der Waals surface area contributed by atoms with E-state index < -0.39 is 11.9 Å². The van der Waals surface area contributed by atoms with Crippen LogP contribution in [0.2, 0.25) is 0 Å². The Morgan fingerprint density at radius 1 is 1.57 bits per heavy atom. The zero-order valence-electron chi connectivity index (χ0n) is 13.9. The molecule has 1 fully saturated rings. The Hall–Kier alpha value is -2.25. The molecule has 1 aliphatic heterocycles. The van der Waals surface area contributed by atoms with Crippen molar-refractivity contribution in [3.8, 4) is 0 Å². The van der Waals surface area contributed by atoms with E-state index in [0.717, 1.165) is 31.6 Å². The molecular formula is C15H25N5O3. The fourth-order valence-electron chi connectivity index (χ4n) is 2.76.